The molecular formula is C17H25N3O3. The van der Waals surface area contributed by atoms with Gasteiger partial charge in [-0.05, 0) is 37.2 Å². The van der Waals surface area contributed by atoms with Crippen LogP contribution in [0.25, 0.3) is 0 Å². The number of methoxy groups -OCH3 is 1. The second kappa shape index (κ2) is 9.15. The average molecular weight is 319 g/mol. The van der Waals surface area contributed by atoms with E-state index in [1.165, 1.54) is 6.42 Å². The van der Waals surface area contributed by atoms with Crippen LogP contribution in [0.1, 0.15) is 26.2 Å². The van der Waals surface area contributed by atoms with Gasteiger partial charge in [0, 0.05) is 31.6 Å². The summed E-state index contributed by atoms with van der Waals surface area (Å²) >= 11 is 0. The molecule has 6 heteroatoms. The number of nitrogens with one attached hydrogen (secondary N) is 1. The smallest absolute Gasteiger partial charge is 0.277 e. The fourth-order valence-electron chi connectivity index (χ4n) is 2.46. The van der Waals surface area contributed by atoms with Gasteiger partial charge >= 0.3 is 0 Å². The lowest BCUT2D eigenvalue weighted by molar-refractivity contribution is -0.123. The van der Waals surface area contributed by atoms with E-state index in [-0.39, 0.29) is 12.5 Å². The van der Waals surface area contributed by atoms with Crippen molar-refractivity contribution >= 4 is 11.6 Å². The Bertz CT molecular complexity index is 518. The number of hydrogen-bond acceptors (Lipinski definition) is 5. The predicted molar refractivity (Wildman–Crippen MR) is 90.0 cm³/mol. The molecule has 1 aliphatic heterocycles. The number of hydrogen-bond donors (Lipinski definition) is 1. The van der Waals surface area contributed by atoms with Crippen molar-refractivity contribution in [3.8, 4) is 11.5 Å². The minimum atomic E-state index is -0.246. The molecule has 1 aromatic rings. The maximum atomic E-state index is 11.8. The maximum absolute atomic E-state index is 11.8. The minimum absolute atomic E-state index is 0.0505. The molecule has 126 valence electrons. The van der Waals surface area contributed by atoms with Gasteiger partial charge in [0.1, 0.15) is 11.5 Å². The van der Waals surface area contributed by atoms with Gasteiger partial charge in [0.15, 0.2) is 6.61 Å². The fraction of sp³-hybridized carbons (Fsp3) is 0.529. The van der Waals surface area contributed by atoms with E-state index in [0.29, 0.717) is 5.75 Å². The van der Waals surface area contributed by atoms with E-state index in [1.54, 1.807) is 31.4 Å². The van der Waals surface area contributed by atoms with Crippen molar-refractivity contribution in [1.82, 2.24) is 10.3 Å². The van der Waals surface area contributed by atoms with E-state index >= 15 is 0 Å². The van der Waals surface area contributed by atoms with Crippen molar-refractivity contribution in [2.75, 3.05) is 33.4 Å². The largest absolute Gasteiger partial charge is 0.497 e. The Morgan fingerprint density at radius 2 is 1.87 bits per heavy atom. The van der Waals surface area contributed by atoms with Crippen LogP contribution in [0.3, 0.4) is 0 Å². The number of amides is 1. The van der Waals surface area contributed by atoms with Crippen LogP contribution in [0.4, 0.5) is 0 Å². The first-order valence-corrected chi connectivity index (χ1v) is 8.04. The third kappa shape index (κ3) is 5.90. The monoisotopic (exact) mass is 319 g/mol. The number of piperidine rings is 1. The normalized spacial score (nSPS) is 15.1. The summed E-state index contributed by atoms with van der Waals surface area (Å²) in [5.41, 5.74) is 3.62. The molecule has 6 nitrogen and oxygen atoms in total. The molecule has 1 aliphatic rings. The SMILES string of the molecule is CCCN1CCC(=NNC(=O)COc2ccc(OC)cc2)CC1. The molecular weight excluding hydrogens is 294 g/mol. The van der Waals surface area contributed by atoms with Crippen molar-refractivity contribution in [1.29, 1.82) is 0 Å². The third-order valence-electron chi connectivity index (χ3n) is 3.74. The highest BCUT2D eigenvalue weighted by Crippen LogP contribution is 2.16. The summed E-state index contributed by atoms with van der Waals surface area (Å²) in [5, 5.41) is 4.21. The van der Waals surface area contributed by atoms with E-state index < -0.39 is 0 Å². The topological polar surface area (TPSA) is 63.2 Å². The summed E-state index contributed by atoms with van der Waals surface area (Å²) in [6, 6.07) is 7.11. The summed E-state index contributed by atoms with van der Waals surface area (Å²) in [6.45, 7) is 5.31. The molecule has 0 saturated carbocycles. The van der Waals surface area contributed by atoms with E-state index in [2.05, 4.69) is 22.4 Å². The zero-order valence-electron chi connectivity index (χ0n) is 13.9. The van der Waals surface area contributed by atoms with Crippen molar-refractivity contribution in [2.24, 2.45) is 5.10 Å². The summed E-state index contributed by atoms with van der Waals surface area (Å²) in [7, 11) is 1.61. The van der Waals surface area contributed by atoms with Crippen LogP contribution in [0.5, 0.6) is 11.5 Å². The van der Waals surface area contributed by atoms with Crippen molar-refractivity contribution < 1.29 is 14.3 Å². The Morgan fingerprint density at radius 1 is 1.22 bits per heavy atom. The number of ether oxygens (including phenoxy) is 2. The maximum Gasteiger partial charge on any atom is 0.277 e. The zero-order valence-corrected chi connectivity index (χ0v) is 13.9. The summed E-state index contributed by atoms with van der Waals surface area (Å²) in [6.07, 6.45) is 3.01. The molecule has 1 fully saturated rings. The zero-order chi connectivity index (χ0) is 16.5. The van der Waals surface area contributed by atoms with Gasteiger partial charge in [0.05, 0.1) is 7.11 Å². The first kappa shape index (κ1) is 17.3. The molecule has 0 bridgehead atoms. The molecule has 0 aliphatic carbocycles. The lowest BCUT2D eigenvalue weighted by atomic mass is 10.1. The Kier molecular flexibility index (Phi) is 6.87. The van der Waals surface area contributed by atoms with Gasteiger partial charge in [-0.1, -0.05) is 6.92 Å². The first-order valence-electron chi connectivity index (χ1n) is 8.04. The molecule has 1 aromatic carbocycles. The number of carbonyl (C=O) groups is 1. The van der Waals surface area contributed by atoms with Gasteiger partial charge in [-0.25, -0.2) is 5.43 Å². The molecule has 1 N–H and O–H groups in total. The number of nitrogens with zero attached hydrogens (tertiary/aromatic N) is 2. The van der Waals surface area contributed by atoms with Gasteiger partial charge < -0.3 is 14.4 Å². The fourth-order valence-corrected chi connectivity index (χ4v) is 2.46. The second-order valence-corrected chi connectivity index (χ2v) is 5.52. The van der Waals surface area contributed by atoms with Crippen LogP contribution in [0.2, 0.25) is 0 Å². The Morgan fingerprint density at radius 3 is 2.48 bits per heavy atom. The highest BCUT2D eigenvalue weighted by atomic mass is 16.5. The van der Waals surface area contributed by atoms with Crippen LogP contribution >= 0.6 is 0 Å². The molecule has 0 aromatic heterocycles. The lowest BCUT2D eigenvalue weighted by Gasteiger charge is -2.26. The molecule has 2 rings (SSSR count). The van der Waals surface area contributed by atoms with Crippen molar-refractivity contribution in [2.45, 2.75) is 26.2 Å². The molecule has 23 heavy (non-hydrogen) atoms. The van der Waals surface area contributed by atoms with Gasteiger partial charge in [-0.3, -0.25) is 4.79 Å². The third-order valence-corrected chi connectivity index (χ3v) is 3.74. The molecule has 0 unspecified atom stereocenters. The Hall–Kier alpha value is -2.08. The summed E-state index contributed by atoms with van der Waals surface area (Å²) < 4.78 is 10.5. The Balaban J connectivity index is 1.69. The summed E-state index contributed by atoms with van der Waals surface area (Å²) in [5.74, 6) is 1.13. The van der Waals surface area contributed by atoms with E-state index in [1.807, 2.05) is 0 Å². The molecule has 1 amide bonds. The van der Waals surface area contributed by atoms with E-state index in [9.17, 15) is 4.79 Å². The summed E-state index contributed by atoms with van der Waals surface area (Å²) in [4.78, 5) is 14.2. The number of carbonyl (C=O) groups excluding carboxylic acids is 1. The molecule has 0 radical (unpaired) electrons. The highest BCUT2D eigenvalue weighted by Gasteiger charge is 2.14. The molecule has 1 heterocycles. The van der Waals surface area contributed by atoms with Gasteiger partial charge in [0.2, 0.25) is 0 Å². The number of hydrazone groups is 1. The van der Waals surface area contributed by atoms with Crippen LogP contribution < -0.4 is 14.9 Å². The quantitative estimate of drug-likeness (QED) is 0.781. The molecule has 1 saturated heterocycles. The molecule has 0 spiro atoms. The Labute approximate surface area is 137 Å². The first-order chi connectivity index (χ1) is 11.2. The van der Waals surface area contributed by atoms with Gasteiger partial charge in [0.25, 0.3) is 5.91 Å². The van der Waals surface area contributed by atoms with Gasteiger partial charge in [-0.2, -0.15) is 5.10 Å². The number of rotatable bonds is 7. The van der Waals surface area contributed by atoms with Crippen molar-refractivity contribution in [3.63, 3.8) is 0 Å². The van der Waals surface area contributed by atoms with Crippen LogP contribution in [0.15, 0.2) is 29.4 Å². The van der Waals surface area contributed by atoms with Crippen LogP contribution in [-0.4, -0.2) is 49.9 Å². The standard InChI is InChI=1S/C17H25N3O3/c1-3-10-20-11-8-14(9-12-20)18-19-17(21)13-23-16-6-4-15(22-2)5-7-16/h4-7H,3,8-13H2,1-2H3,(H,19,21). The van der Waals surface area contributed by atoms with Crippen molar-refractivity contribution in [3.05, 3.63) is 24.3 Å². The number of likely N-dealkylation sites (tertiary alicyclic amines) is 1. The molecule has 0 atom stereocenters. The van der Waals surface area contributed by atoms with Gasteiger partial charge in [-0.15, -0.1) is 0 Å². The lowest BCUT2D eigenvalue weighted by Crippen LogP contribution is -2.35. The second-order valence-electron chi connectivity index (χ2n) is 5.52. The van der Waals surface area contributed by atoms with E-state index in [0.717, 1.165) is 43.9 Å². The van der Waals surface area contributed by atoms with E-state index in [4.69, 9.17) is 9.47 Å². The predicted octanol–water partition coefficient (Wildman–Crippen LogP) is 2.05. The highest BCUT2D eigenvalue weighted by molar-refractivity contribution is 5.87. The minimum Gasteiger partial charge on any atom is -0.497 e. The van der Waals surface area contributed by atoms with Crippen LogP contribution in [-0.2, 0) is 4.79 Å². The number of benzene rings is 1. The van der Waals surface area contributed by atoms with Crippen LogP contribution in [0, 0.1) is 0 Å². The average Bonchev–Trinajstić information content (AvgIpc) is 2.60.